The third-order valence-electron chi connectivity index (χ3n) is 2.84. The van der Waals surface area contributed by atoms with Gasteiger partial charge in [-0.1, -0.05) is 24.3 Å². The van der Waals surface area contributed by atoms with Gasteiger partial charge in [0.05, 0.1) is 6.67 Å². The maximum Gasteiger partial charge on any atom is 0.348 e. The molecule has 0 amide bonds. The molecule has 0 spiro atoms. The summed E-state index contributed by atoms with van der Waals surface area (Å²) in [5.74, 6) is -2.73. The molecule has 0 aliphatic carbocycles. The molecular formula is C15H15FO4. The van der Waals surface area contributed by atoms with Crippen LogP contribution >= 0.6 is 0 Å². The Morgan fingerprint density at radius 1 is 1.15 bits per heavy atom. The Bertz CT molecular complexity index is 553. The zero-order valence-electron chi connectivity index (χ0n) is 11.3. The number of benzene rings is 1. The molecule has 0 aromatic heterocycles. The van der Waals surface area contributed by atoms with E-state index in [1.807, 2.05) is 0 Å². The summed E-state index contributed by atoms with van der Waals surface area (Å²) in [6.07, 6.45) is 1.60. The van der Waals surface area contributed by atoms with Crippen LogP contribution in [0.3, 0.4) is 0 Å². The first-order valence-corrected chi connectivity index (χ1v) is 6.25. The largest absolute Gasteiger partial charge is 0.419 e. The minimum atomic E-state index is -1.26. The predicted molar refractivity (Wildman–Crippen MR) is 70.4 cm³/mol. The monoisotopic (exact) mass is 278 g/mol. The molecule has 20 heavy (non-hydrogen) atoms. The predicted octanol–water partition coefficient (Wildman–Crippen LogP) is 2.42. The smallest absolute Gasteiger partial charge is 0.348 e. The fraction of sp³-hybridized carbons (Fsp3) is 0.333. The van der Waals surface area contributed by atoms with E-state index in [1.165, 1.54) is 19.9 Å². The highest BCUT2D eigenvalue weighted by Crippen LogP contribution is 2.25. The minimum absolute atomic E-state index is 0.185. The molecule has 4 nitrogen and oxygen atoms in total. The van der Waals surface area contributed by atoms with Crippen LogP contribution in [-0.2, 0) is 25.5 Å². The van der Waals surface area contributed by atoms with Gasteiger partial charge >= 0.3 is 11.9 Å². The Morgan fingerprint density at radius 2 is 1.75 bits per heavy atom. The lowest BCUT2D eigenvalue weighted by Gasteiger charge is -2.29. The van der Waals surface area contributed by atoms with Gasteiger partial charge < -0.3 is 9.47 Å². The van der Waals surface area contributed by atoms with Crippen LogP contribution < -0.4 is 0 Å². The number of carbonyl (C=O) groups is 2. The lowest BCUT2D eigenvalue weighted by Crippen LogP contribution is -2.41. The molecular weight excluding hydrogens is 263 g/mol. The first-order chi connectivity index (χ1) is 9.43. The van der Waals surface area contributed by atoms with E-state index >= 15 is 0 Å². The normalized spacial score (nSPS) is 17.4. The Hall–Kier alpha value is -2.17. The van der Waals surface area contributed by atoms with Crippen LogP contribution in [0.15, 0.2) is 29.8 Å². The van der Waals surface area contributed by atoms with E-state index in [2.05, 4.69) is 0 Å². The van der Waals surface area contributed by atoms with Gasteiger partial charge in [-0.25, -0.2) is 9.59 Å². The second-order valence-electron chi connectivity index (χ2n) is 4.87. The van der Waals surface area contributed by atoms with Crippen molar-refractivity contribution in [3.8, 4) is 0 Å². The average molecular weight is 278 g/mol. The van der Waals surface area contributed by atoms with Gasteiger partial charge in [0.2, 0.25) is 0 Å². The maximum absolute atomic E-state index is 12.5. The summed E-state index contributed by atoms with van der Waals surface area (Å²) in [6, 6.07) is 6.97. The minimum Gasteiger partial charge on any atom is -0.419 e. The van der Waals surface area contributed by atoms with Crippen LogP contribution in [0.25, 0.3) is 6.08 Å². The molecule has 2 rings (SSSR count). The van der Waals surface area contributed by atoms with Crippen molar-refractivity contribution in [1.29, 1.82) is 0 Å². The summed E-state index contributed by atoms with van der Waals surface area (Å²) < 4.78 is 22.5. The highest BCUT2D eigenvalue weighted by molar-refractivity contribution is 6.18. The van der Waals surface area contributed by atoms with Gasteiger partial charge in [-0.3, -0.25) is 4.39 Å². The average Bonchev–Trinajstić information content (AvgIpc) is 2.35. The van der Waals surface area contributed by atoms with Gasteiger partial charge in [0.25, 0.3) is 5.79 Å². The van der Waals surface area contributed by atoms with Gasteiger partial charge in [0, 0.05) is 20.3 Å². The Kier molecular flexibility index (Phi) is 3.88. The number of carbonyl (C=O) groups excluding carboxylic acids is 2. The summed E-state index contributed by atoms with van der Waals surface area (Å²) in [5, 5.41) is 0. The van der Waals surface area contributed by atoms with Crippen molar-refractivity contribution in [3.05, 3.63) is 41.0 Å². The number of halogens is 1. The molecule has 1 aromatic carbocycles. The lowest BCUT2D eigenvalue weighted by atomic mass is 10.0. The van der Waals surface area contributed by atoms with Crippen LogP contribution in [0.2, 0.25) is 0 Å². The molecule has 0 saturated carbocycles. The third-order valence-corrected chi connectivity index (χ3v) is 2.84. The standard InChI is InChI=1S/C15H15FO4/c1-15(2)19-13(17)12(14(18)20-15)9-11-6-4-3-5-10(11)7-8-16/h3-6,9H,7-8H2,1-2H3. The molecule has 1 aliphatic rings. The van der Waals surface area contributed by atoms with Crippen LogP contribution in [0, 0.1) is 0 Å². The second-order valence-corrected chi connectivity index (χ2v) is 4.87. The topological polar surface area (TPSA) is 52.6 Å². The van der Waals surface area contributed by atoms with Crippen LogP contribution in [0.1, 0.15) is 25.0 Å². The highest BCUT2D eigenvalue weighted by Gasteiger charge is 2.38. The van der Waals surface area contributed by atoms with Crippen molar-refractivity contribution >= 4 is 18.0 Å². The van der Waals surface area contributed by atoms with Gasteiger partial charge in [-0.15, -0.1) is 0 Å². The molecule has 1 heterocycles. The van der Waals surface area contributed by atoms with Crippen molar-refractivity contribution in [3.63, 3.8) is 0 Å². The summed E-state index contributed by atoms with van der Waals surface area (Å²) in [5.41, 5.74) is 1.14. The fourth-order valence-corrected chi connectivity index (χ4v) is 1.94. The Morgan fingerprint density at radius 3 is 2.35 bits per heavy atom. The molecule has 1 aromatic rings. The fourth-order valence-electron chi connectivity index (χ4n) is 1.94. The van der Waals surface area contributed by atoms with E-state index in [-0.39, 0.29) is 12.0 Å². The summed E-state index contributed by atoms with van der Waals surface area (Å²) in [6.45, 7) is 2.45. The zero-order chi connectivity index (χ0) is 14.8. The number of cyclic esters (lactones) is 2. The molecule has 0 atom stereocenters. The molecule has 5 heteroatoms. The van der Waals surface area contributed by atoms with Gasteiger partial charge in [0.15, 0.2) is 0 Å². The molecule has 0 unspecified atom stereocenters. The molecule has 1 fully saturated rings. The number of ether oxygens (including phenoxy) is 2. The second kappa shape index (κ2) is 5.45. The van der Waals surface area contributed by atoms with Crippen LogP contribution in [0.4, 0.5) is 4.39 Å². The zero-order valence-corrected chi connectivity index (χ0v) is 11.3. The van der Waals surface area contributed by atoms with Crippen LogP contribution in [0.5, 0.6) is 0 Å². The van der Waals surface area contributed by atoms with Crippen molar-refractivity contribution in [2.45, 2.75) is 26.1 Å². The van der Waals surface area contributed by atoms with E-state index in [4.69, 9.17) is 9.47 Å². The van der Waals surface area contributed by atoms with E-state index in [9.17, 15) is 14.0 Å². The molecule has 0 bridgehead atoms. The number of aryl methyl sites for hydroxylation is 1. The first-order valence-electron chi connectivity index (χ1n) is 6.25. The van der Waals surface area contributed by atoms with E-state index in [0.29, 0.717) is 11.1 Å². The highest BCUT2D eigenvalue weighted by atomic mass is 19.1. The summed E-state index contributed by atoms with van der Waals surface area (Å²) >= 11 is 0. The van der Waals surface area contributed by atoms with Gasteiger partial charge in [-0.2, -0.15) is 0 Å². The molecule has 0 N–H and O–H groups in total. The molecule has 106 valence electrons. The number of hydrogen-bond donors (Lipinski definition) is 0. The molecule has 0 radical (unpaired) electrons. The lowest BCUT2D eigenvalue weighted by molar-refractivity contribution is -0.222. The van der Waals surface area contributed by atoms with Crippen LogP contribution in [-0.4, -0.2) is 24.4 Å². The first kappa shape index (κ1) is 14.2. The van der Waals surface area contributed by atoms with E-state index in [0.717, 1.165) is 0 Å². The number of alkyl halides is 1. The maximum atomic E-state index is 12.5. The number of esters is 2. The SMILES string of the molecule is CC1(C)OC(=O)C(=Cc2ccccc2CCF)C(=O)O1. The van der Waals surface area contributed by atoms with Crippen molar-refractivity contribution < 1.29 is 23.5 Å². The van der Waals surface area contributed by atoms with Crippen molar-refractivity contribution in [2.24, 2.45) is 0 Å². The van der Waals surface area contributed by atoms with E-state index in [1.54, 1.807) is 24.3 Å². The Balaban J connectivity index is 2.36. The quantitative estimate of drug-likeness (QED) is 0.484. The molecule has 1 aliphatic heterocycles. The Labute approximate surface area is 116 Å². The van der Waals surface area contributed by atoms with Gasteiger partial charge in [0.1, 0.15) is 5.57 Å². The van der Waals surface area contributed by atoms with Gasteiger partial charge in [-0.05, 0) is 17.2 Å². The van der Waals surface area contributed by atoms with Crippen molar-refractivity contribution in [2.75, 3.05) is 6.67 Å². The molecule has 1 saturated heterocycles. The third kappa shape index (κ3) is 3.04. The number of hydrogen-bond acceptors (Lipinski definition) is 4. The van der Waals surface area contributed by atoms with Crippen molar-refractivity contribution in [1.82, 2.24) is 0 Å². The van der Waals surface area contributed by atoms with E-state index < -0.39 is 24.4 Å². The summed E-state index contributed by atoms with van der Waals surface area (Å²) in [7, 11) is 0. The summed E-state index contributed by atoms with van der Waals surface area (Å²) in [4.78, 5) is 23.7. The number of rotatable bonds is 3.